The summed E-state index contributed by atoms with van der Waals surface area (Å²) in [6, 6.07) is 48.7. The Balaban J connectivity index is 1.12. The van der Waals surface area contributed by atoms with Crippen LogP contribution in [0.25, 0.3) is 50.8 Å². The van der Waals surface area contributed by atoms with E-state index in [0.29, 0.717) is 0 Å². The molecule has 1 unspecified atom stereocenters. The average molecular weight is 791 g/mol. The fourth-order valence-corrected chi connectivity index (χ4v) is 9.51. The first-order valence-corrected chi connectivity index (χ1v) is 21.3. The number of nitrogens with two attached hydrogens (primary N) is 1. The van der Waals surface area contributed by atoms with Gasteiger partial charge in [-0.3, -0.25) is 0 Å². The van der Waals surface area contributed by atoms with Crippen molar-refractivity contribution >= 4 is 39.6 Å². The van der Waals surface area contributed by atoms with E-state index < -0.39 is 0 Å². The first-order valence-electron chi connectivity index (χ1n) is 21.3. The van der Waals surface area contributed by atoms with E-state index in [1.165, 1.54) is 49.5 Å². The van der Waals surface area contributed by atoms with Crippen LogP contribution in [0.15, 0.2) is 206 Å². The highest BCUT2D eigenvalue weighted by atomic mass is 15.1. The number of nitrogens with zero attached hydrogens (tertiary/aromatic N) is 2. The summed E-state index contributed by atoms with van der Waals surface area (Å²) in [7, 11) is 0. The lowest BCUT2D eigenvalue weighted by atomic mass is 9.81. The fraction of sp³-hybridized carbons (Fsp3) is 0.123. The molecule has 10 rings (SSSR count). The molecule has 0 radical (unpaired) electrons. The van der Waals surface area contributed by atoms with Crippen LogP contribution in [-0.2, 0) is 11.8 Å². The highest BCUT2D eigenvalue weighted by Gasteiger charge is 2.36. The van der Waals surface area contributed by atoms with Crippen molar-refractivity contribution < 1.29 is 0 Å². The van der Waals surface area contributed by atoms with Crippen molar-refractivity contribution in [1.29, 1.82) is 0 Å². The van der Waals surface area contributed by atoms with Gasteiger partial charge in [0, 0.05) is 39.8 Å². The molecule has 6 aromatic carbocycles. The van der Waals surface area contributed by atoms with Gasteiger partial charge in [0.05, 0.1) is 28.3 Å². The van der Waals surface area contributed by atoms with Crippen LogP contribution in [0, 0.1) is 0 Å². The largest absolute Gasteiger partial charge is 0.397 e. The molecule has 0 bridgehead atoms. The van der Waals surface area contributed by atoms with Gasteiger partial charge >= 0.3 is 0 Å². The first kappa shape index (κ1) is 37.9. The monoisotopic (exact) mass is 790 g/mol. The molecule has 3 N–H and O–H groups in total. The second kappa shape index (κ2) is 15.4. The van der Waals surface area contributed by atoms with Crippen molar-refractivity contribution in [2.24, 2.45) is 5.73 Å². The molecule has 1 aromatic heterocycles. The molecule has 3 aliphatic rings. The van der Waals surface area contributed by atoms with Gasteiger partial charge < -0.3 is 20.5 Å². The lowest BCUT2D eigenvalue weighted by molar-refractivity contribution is 0.588. The van der Waals surface area contributed by atoms with Crippen molar-refractivity contribution in [2.45, 2.75) is 44.6 Å². The molecule has 0 spiro atoms. The number of aromatic nitrogens is 1. The maximum atomic E-state index is 6.53. The van der Waals surface area contributed by atoms with Crippen LogP contribution < -0.4 is 26.5 Å². The zero-order valence-corrected chi connectivity index (χ0v) is 34.9. The van der Waals surface area contributed by atoms with E-state index >= 15 is 0 Å². The number of hydrogen-bond donors (Lipinski definition) is 2. The van der Waals surface area contributed by atoms with Crippen molar-refractivity contribution in [3.63, 3.8) is 0 Å². The molecule has 298 valence electrons. The number of allylic oxidation sites excluding steroid dienone is 7. The molecule has 7 aromatic rings. The molecule has 61 heavy (non-hydrogen) atoms. The minimum absolute atomic E-state index is 0.0525. The molecule has 0 saturated carbocycles. The Morgan fingerprint density at radius 3 is 2.25 bits per heavy atom. The molecule has 0 saturated heterocycles. The van der Waals surface area contributed by atoms with E-state index in [1.807, 2.05) is 6.08 Å². The summed E-state index contributed by atoms with van der Waals surface area (Å²) in [4.78, 5) is 2.27. The Hall–Kier alpha value is -7.30. The molecule has 4 nitrogen and oxygen atoms in total. The molecule has 1 aliphatic heterocycles. The van der Waals surface area contributed by atoms with Crippen molar-refractivity contribution in [3.05, 3.63) is 239 Å². The van der Waals surface area contributed by atoms with Crippen LogP contribution in [0.5, 0.6) is 0 Å². The minimum Gasteiger partial charge on any atom is -0.397 e. The quantitative estimate of drug-likeness (QED) is 0.169. The Kier molecular flexibility index (Phi) is 9.57. The number of fused-ring (bicyclic) bond motifs is 8. The number of benzene rings is 6. The SMILES string of the molecule is C=C1/C=C\C=C/N(c2ccc3c(c2)C(C)(C)c2cc(C(Cc4ccccc4)NC4=CCCC=C4N)ccc2-3)/C=c2\c(c3c4ccccc4ccc3n2-c2ccccc2)=C/C1=C. The number of nitrogens with one attached hydrogen (secondary N) is 1. The predicted octanol–water partition coefficient (Wildman–Crippen LogP) is 11.7. The standard InChI is InChI=1S/C57H50N4/c1-38-17-15-16-32-60(37-55-48(33-39(38)2)56-45-23-12-11-20-41(45)27-31-54(56)61(55)43-21-9-6-10-22-43)44-28-30-47-46-29-26-42(35-49(46)57(3,4)50(47)36-44)53(34-40-18-7-5-8-19-40)59-52-25-14-13-24-51(52)58/h5-12,15-33,35-37,53,59H,1-2,13-14,34,58H2,3-4H3/b17-15-,32-16-,48-33+,55-37+. The Bertz CT molecular complexity index is 3150. The minimum atomic E-state index is -0.249. The second-order valence-corrected chi connectivity index (χ2v) is 17.0. The van der Waals surface area contributed by atoms with Crippen LogP contribution >= 0.6 is 0 Å². The smallest absolute Gasteiger partial charge is 0.0707 e. The maximum absolute atomic E-state index is 6.53. The summed E-state index contributed by atoms with van der Waals surface area (Å²) in [5.74, 6) is 0. The Morgan fingerprint density at radius 1 is 0.721 bits per heavy atom. The highest BCUT2D eigenvalue weighted by Crippen LogP contribution is 2.50. The second-order valence-electron chi connectivity index (χ2n) is 17.0. The van der Waals surface area contributed by atoms with Gasteiger partial charge in [-0.15, -0.1) is 0 Å². The zero-order valence-electron chi connectivity index (χ0n) is 34.9. The van der Waals surface area contributed by atoms with Crippen LogP contribution in [0.1, 0.15) is 55.0 Å². The Labute approximate surface area is 358 Å². The summed E-state index contributed by atoms with van der Waals surface area (Å²) in [6.45, 7) is 13.6. The van der Waals surface area contributed by atoms with Gasteiger partial charge in [-0.2, -0.15) is 0 Å². The number of anilines is 1. The summed E-state index contributed by atoms with van der Waals surface area (Å²) in [6.07, 6.45) is 20.0. The van der Waals surface area contributed by atoms with Gasteiger partial charge in [0.1, 0.15) is 0 Å². The molecule has 2 aliphatic carbocycles. The summed E-state index contributed by atoms with van der Waals surface area (Å²) in [5, 5.41) is 9.63. The molecular weight excluding hydrogens is 741 g/mol. The Morgan fingerprint density at radius 2 is 1.44 bits per heavy atom. The van der Waals surface area contributed by atoms with Gasteiger partial charge in [-0.05, 0) is 117 Å². The van der Waals surface area contributed by atoms with E-state index in [1.54, 1.807) is 0 Å². The number of rotatable bonds is 7. The number of para-hydroxylation sites is 1. The molecule has 2 heterocycles. The van der Waals surface area contributed by atoms with Gasteiger partial charge in [-0.25, -0.2) is 0 Å². The topological polar surface area (TPSA) is 46.2 Å². The van der Waals surface area contributed by atoms with E-state index in [4.69, 9.17) is 5.73 Å². The first-order chi connectivity index (χ1) is 29.7. The molecular formula is C57H50N4. The third-order valence-corrected chi connectivity index (χ3v) is 12.8. The summed E-state index contributed by atoms with van der Waals surface area (Å²) in [5.41, 5.74) is 20.9. The van der Waals surface area contributed by atoms with Crippen LogP contribution in [0.2, 0.25) is 0 Å². The van der Waals surface area contributed by atoms with Gasteiger partial charge in [0.2, 0.25) is 0 Å². The van der Waals surface area contributed by atoms with Crippen LogP contribution in [0.4, 0.5) is 5.69 Å². The van der Waals surface area contributed by atoms with E-state index in [9.17, 15) is 0 Å². The van der Waals surface area contributed by atoms with Crippen molar-refractivity contribution in [1.82, 2.24) is 9.88 Å². The van der Waals surface area contributed by atoms with Crippen LogP contribution in [-0.4, -0.2) is 4.57 Å². The lowest BCUT2D eigenvalue weighted by Gasteiger charge is -2.27. The van der Waals surface area contributed by atoms with Gasteiger partial charge in [0.15, 0.2) is 0 Å². The van der Waals surface area contributed by atoms with Crippen molar-refractivity contribution in [3.8, 4) is 16.8 Å². The number of hydrogen-bond acceptors (Lipinski definition) is 3. The van der Waals surface area contributed by atoms with E-state index in [-0.39, 0.29) is 11.5 Å². The van der Waals surface area contributed by atoms with E-state index in [0.717, 1.165) is 69.3 Å². The molecule has 0 fully saturated rings. The zero-order chi connectivity index (χ0) is 41.7. The van der Waals surface area contributed by atoms with Crippen molar-refractivity contribution in [2.75, 3.05) is 4.90 Å². The predicted molar refractivity (Wildman–Crippen MR) is 258 cm³/mol. The molecule has 4 heteroatoms. The third-order valence-electron chi connectivity index (χ3n) is 12.8. The fourth-order valence-electron chi connectivity index (χ4n) is 9.51. The normalized spacial score (nSPS) is 18.3. The lowest BCUT2D eigenvalue weighted by Crippen LogP contribution is -2.32. The highest BCUT2D eigenvalue weighted by molar-refractivity contribution is 6.08. The van der Waals surface area contributed by atoms with Gasteiger partial charge in [0.25, 0.3) is 0 Å². The van der Waals surface area contributed by atoms with E-state index in [2.05, 4.69) is 218 Å². The summed E-state index contributed by atoms with van der Waals surface area (Å²) >= 11 is 0. The molecule has 0 amide bonds. The van der Waals surface area contributed by atoms with Gasteiger partial charge in [-0.1, -0.05) is 154 Å². The maximum Gasteiger partial charge on any atom is 0.0707 e. The third kappa shape index (κ3) is 6.84. The summed E-state index contributed by atoms with van der Waals surface area (Å²) < 4.78 is 2.39. The average Bonchev–Trinajstić information content (AvgIpc) is 3.71. The molecule has 1 atom stereocenters. The van der Waals surface area contributed by atoms with Crippen LogP contribution in [0.3, 0.4) is 0 Å².